The molecule has 0 spiro atoms. The van der Waals surface area contributed by atoms with Gasteiger partial charge in [-0.25, -0.2) is 4.79 Å². The number of carbonyl (C=O) groups excluding carboxylic acids is 3. The zero-order valence-electron chi connectivity index (χ0n) is 22.4. The molecule has 0 saturated carbocycles. The topological polar surface area (TPSA) is 112 Å². The van der Waals surface area contributed by atoms with Gasteiger partial charge in [0.1, 0.15) is 24.2 Å². The standard InChI is InChI=1S/C29H38N4O4/c1-6-7-17-31-26(34)25(23-15-11-12-21(2)19-23)33(18-16-30)27(35)24(20-22-13-9-8-10-14-22)32-28(36)37-29(3,4)5/h8-15,19,24-25H,6-7,17-18,20H2,1-5H3,(H,31,34)(H,32,36). The molecule has 0 fully saturated rings. The lowest BCUT2D eigenvalue weighted by molar-refractivity contribution is -0.141. The molecule has 2 N–H and O–H groups in total. The third-order valence-corrected chi connectivity index (χ3v) is 5.54. The largest absolute Gasteiger partial charge is 0.444 e. The molecule has 2 aromatic rings. The van der Waals surface area contributed by atoms with Gasteiger partial charge >= 0.3 is 6.09 Å². The number of benzene rings is 2. The minimum Gasteiger partial charge on any atom is -0.444 e. The van der Waals surface area contributed by atoms with Crippen molar-refractivity contribution in [2.75, 3.05) is 13.1 Å². The van der Waals surface area contributed by atoms with E-state index in [0.717, 1.165) is 24.0 Å². The number of alkyl carbamates (subject to hydrolysis) is 1. The number of amides is 3. The predicted octanol–water partition coefficient (Wildman–Crippen LogP) is 4.44. The van der Waals surface area contributed by atoms with Gasteiger partial charge in [0, 0.05) is 13.0 Å². The molecule has 8 heteroatoms. The number of carbonyl (C=O) groups is 3. The maximum atomic E-state index is 14.0. The van der Waals surface area contributed by atoms with E-state index >= 15 is 0 Å². The molecule has 2 rings (SSSR count). The molecule has 2 atom stereocenters. The van der Waals surface area contributed by atoms with Gasteiger partial charge in [0.15, 0.2) is 0 Å². The number of hydrogen-bond donors (Lipinski definition) is 2. The van der Waals surface area contributed by atoms with Crippen molar-refractivity contribution in [1.82, 2.24) is 15.5 Å². The summed E-state index contributed by atoms with van der Waals surface area (Å²) in [6.45, 7) is 9.24. The van der Waals surface area contributed by atoms with E-state index in [9.17, 15) is 19.6 Å². The van der Waals surface area contributed by atoms with E-state index in [2.05, 4.69) is 10.6 Å². The van der Waals surface area contributed by atoms with Gasteiger partial charge in [-0.3, -0.25) is 9.59 Å². The summed E-state index contributed by atoms with van der Waals surface area (Å²) in [5, 5.41) is 15.2. The Bertz CT molecular complexity index is 1090. The van der Waals surface area contributed by atoms with Crippen molar-refractivity contribution in [3.8, 4) is 6.07 Å². The third kappa shape index (κ3) is 9.60. The van der Waals surface area contributed by atoms with Crippen LogP contribution in [0.25, 0.3) is 0 Å². The van der Waals surface area contributed by atoms with Crippen LogP contribution in [0.3, 0.4) is 0 Å². The quantitative estimate of drug-likeness (QED) is 0.346. The number of rotatable bonds is 11. The number of unbranched alkanes of at least 4 members (excludes halogenated alkanes) is 1. The Hall–Kier alpha value is -3.86. The van der Waals surface area contributed by atoms with Crippen LogP contribution in [0.15, 0.2) is 54.6 Å². The maximum Gasteiger partial charge on any atom is 0.408 e. The Morgan fingerprint density at radius 3 is 2.38 bits per heavy atom. The van der Waals surface area contributed by atoms with E-state index in [1.165, 1.54) is 4.90 Å². The molecule has 0 aliphatic heterocycles. The van der Waals surface area contributed by atoms with E-state index in [-0.39, 0.29) is 18.9 Å². The molecule has 0 heterocycles. The molecule has 0 saturated heterocycles. The maximum absolute atomic E-state index is 14.0. The van der Waals surface area contributed by atoms with Crippen molar-refractivity contribution in [3.05, 3.63) is 71.3 Å². The molecule has 0 aliphatic rings. The Balaban J connectivity index is 2.48. The molecule has 0 radical (unpaired) electrons. The molecule has 37 heavy (non-hydrogen) atoms. The molecule has 8 nitrogen and oxygen atoms in total. The average molecular weight is 507 g/mol. The molecule has 3 amide bonds. The van der Waals surface area contributed by atoms with Crippen molar-refractivity contribution < 1.29 is 19.1 Å². The van der Waals surface area contributed by atoms with E-state index in [1.807, 2.05) is 68.4 Å². The molecule has 2 aromatic carbocycles. The fraction of sp³-hybridized carbons (Fsp3) is 0.448. The van der Waals surface area contributed by atoms with Crippen LogP contribution in [0.2, 0.25) is 0 Å². The van der Waals surface area contributed by atoms with Crippen molar-refractivity contribution in [2.45, 2.75) is 71.6 Å². The molecule has 2 unspecified atom stereocenters. The zero-order chi connectivity index (χ0) is 27.4. The van der Waals surface area contributed by atoms with Gasteiger partial charge in [-0.1, -0.05) is 73.5 Å². The summed E-state index contributed by atoms with van der Waals surface area (Å²) < 4.78 is 5.40. The van der Waals surface area contributed by atoms with E-state index < -0.39 is 29.7 Å². The summed E-state index contributed by atoms with van der Waals surface area (Å²) in [6.07, 6.45) is 1.10. The lowest BCUT2D eigenvalue weighted by Crippen LogP contribution is -2.54. The van der Waals surface area contributed by atoms with E-state index in [0.29, 0.717) is 12.1 Å². The Kier molecular flexibility index (Phi) is 11.1. The summed E-state index contributed by atoms with van der Waals surface area (Å²) in [5.41, 5.74) is 1.56. The normalized spacial score (nSPS) is 12.5. The Morgan fingerprint density at radius 1 is 1.08 bits per heavy atom. The molecule has 0 bridgehead atoms. The summed E-state index contributed by atoms with van der Waals surface area (Å²) >= 11 is 0. The van der Waals surface area contributed by atoms with Crippen LogP contribution in [-0.2, 0) is 20.7 Å². The number of nitrogens with zero attached hydrogens (tertiary/aromatic N) is 2. The summed E-state index contributed by atoms with van der Waals surface area (Å²) in [6, 6.07) is 16.5. The average Bonchev–Trinajstić information content (AvgIpc) is 2.82. The number of aryl methyl sites for hydroxylation is 1. The second-order valence-electron chi connectivity index (χ2n) is 9.97. The second kappa shape index (κ2) is 14.0. The van der Waals surface area contributed by atoms with Crippen LogP contribution in [-0.4, -0.2) is 47.5 Å². The predicted molar refractivity (Wildman–Crippen MR) is 142 cm³/mol. The number of nitriles is 1. The highest BCUT2D eigenvalue weighted by Gasteiger charge is 2.36. The Morgan fingerprint density at radius 2 is 1.78 bits per heavy atom. The van der Waals surface area contributed by atoms with Gasteiger partial charge < -0.3 is 20.3 Å². The zero-order valence-corrected chi connectivity index (χ0v) is 22.4. The van der Waals surface area contributed by atoms with Gasteiger partial charge in [-0.2, -0.15) is 5.26 Å². The van der Waals surface area contributed by atoms with Crippen molar-refractivity contribution in [3.63, 3.8) is 0 Å². The molecular formula is C29H38N4O4. The van der Waals surface area contributed by atoms with Crippen LogP contribution in [0, 0.1) is 18.3 Å². The van der Waals surface area contributed by atoms with Crippen molar-refractivity contribution in [1.29, 1.82) is 5.26 Å². The van der Waals surface area contributed by atoms with Gasteiger partial charge in [0.05, 0.1) is 6.07 Å². The van der Waals surface area contributed by atoms with Gasteiger partial charge in [0.2, 0.25) is 11.8 Å². The fourth-order valence-electron chi connectivity index (χ4n) is 3.87. The highest BCUT2D eigenvalue weighted by Crippen LogP contribution is 2.24. The van der Waals surface area contributed by atoms with Crippen LogP contribution < -0.4 is 10.6 Å². The molecule has 0 aromatic heterocycles. The summed E-state index contributed by atoms with van der Waals surface area (Å²) in [7, 11) is 0. The molecule has 198 valence electrons. The smallest absolute Gasteiger partial charge is 0.408 e. The molecular weight excluding hydrogens is 468 g/mol. The first-order valence-corrected chi connectivity index (χ1v) is 12.6. The first-order valence-electron chi connectivity index (χ1n) is 12.6. The monoisotopic (exact) mass is 506 g/mol. The van der Waals surface area contributed by atoms with Crippen LogP contribution in [0.1, 0.15) is 63.3 Å². The van der Waals surface area contributed by atoms with Gasteiger partial charge in [-0.05, 0) is 45.2 Å². The first kappa shape index (κ1) is 29.4. The number of ether oxygens (including phenoxy) is 1. The van der Waals surface area contributed by atoms with Crippen molar-refractivity contribution in [2.24, 2.45) is 0 Å². The second-order valence-corrected chi connectivity index (χ2v) is 9.97. The van der Waals surface area contributed by atoms with Crippen molar-refractivity contribution >= 4 is 17.9 Å². The van der Waals surface area contributed by atoms with Gasteiger partial charge in [-0.15, -0.1) is 0 Å². The summed E-state index contributed by atoms with van der Waals surface area (Å²) in [5.74, 6) is -0.924. The Labute approximate surface area is 220 Å². The minimum atomic E-state index is -1.05. The fourth-order valence-corrected chi connectivity index (χ4v) is 3.87. The third-order valence-electron chi connectivity index (χ3n) is 5.54. The van der Waals surface area contributed by atoms with Gasteiger partial charge in [0.25, 0.3) is 0 Å². The molecule has 0 aliphatic carbocycles. The lowest BCUT2D eigenvalue weighted by Gasteiger charge is -2.33. The minimum absolute atomic E-state index is 0.166. The number of hydrogen-bond acceptors (Lipinski definition) is 5. The van der Waals surface area contributed by atoms with E-state index in [1.54, 1.807) is 26.8 Å². The van der Waals surface area contributed by atoms with Crippen LogP contribution in [0.4, 0.5) is 4.79 Å². The highest BCUT2D eigenvalue weighted by atomic mass is 16.6. The first-order chi connectivity index (χ1) is 17.6. The lowest BCUT2D eigenvalue weighted by atomic mass is 9.99. The van der Waals surface area contributed by atoms with Crippen LogP contribution in [0.5, 0.6) is 0 Å². The summed E-state index contributed by atoms with van der Waals surface area (Å²) in [4.78, 5) is 41.3. The highest BCUT2D eigenvalue weighted by molar-refractivity contribution is 5.92. The SMILES string of the molecule is CCCCNC(=O)C(c1cccc(C)c1)N(CC#N)C(=O)C(Cc1ccccc1)NC(=O)OC(C)(C)C. The van der Waals surface area contributed by atoms with E-state index in [4.69, 9.17) is 4.74 Å². The van der Waals surface area contributed by atoms with Crippen LogP contribution >= 0.6 is 0 Å². The number of nitrogens with one attached hydrogen (secondary N) is 2.